The van der Waals surface area contributed by atoms with E-state index in [1.165, 1.54) is 30.6 Å². The molecule has 0 bridgehead atoms. The molecule has 0 aliphatic carbocycles. The van der Waals surface area contributed by atoms with Gasteiger partial charge in [-0.1, -0.05) is 0 Å². The first kappa shape index (κ1) is 11.2. The molecule has 0 aliphatic heterocycles. The normalized spacial score (nSPS) is 10.2. The minimum absolute atomic E-state index is 0.00152. The Morgan fingerprint density at radius 3 is 2.76 bits per heavy atom. The maximum atomic E-state index is 13.5. The van der Waals surface area contributed by atoms with E-state index in [0.29, 0.717) is 17.0 Å². The van der Waals surface area contributed by atoms with E-state index in [9.17, 15) is 9.50 Å². The van der Waals surface area contributed by atoms with Gasteiger partial charge in [-0.15, -0.1) is 0 Å². The molecule has 0 fully saturated rings. The monoisotopic (exact) mass is 234 g/mol. The van der Waals surface area contributed by atoms with Crippen LogP contribution in [0.2, 0.25) is 0 Å². The molecule has 0 amide bonds. The zero-order valence-corrected chi connectivity index (χ0v) is 9.14. The minimum Gasteiger partial charge on any atom is -0.506 e. The molecule has 0 aliphatic rings. The van der Waals surface area contributed by atoms with Crippen LogP contribution in [0.3, 0.4) is 0 Å². The molecule has 88 valence electrons. The van der Waals surface area contributed by atoms with E-state index in [2.05, 4.69) is 4.98 Å². The number of anilines is 1. The van der Waals surface area contributed by atoms with E-state index in [-0.39, 0.29) is 11.5 Å². The molecule has 2 rings (SSSR count). The largest absolute Gasteiger partial charge is 0.506 e. The maximum Gasteiger partial charge on any atom is 0.167 e. The Morgan fingerprint density at radius 2 is 2.06 bits per heavy atom. The number of nitrogens with two attached hydrogens (primary N) is 1. The van der Waals surface area contributed by atoms with Crippen molar-refractivity contribution < 1.29 is 14.2 Å². The number of halogens is 1. The summed E-state index contributed by atoms with van der Waals surface area (Å²) >= 11 is 0. The molecular weight excluding hydrogens is 223 g/mol. The summed E-state index contributed by atoms with van der Waals surface area (Å²) in [6.07, 6.45) is 2.70. The van der Waals surface area contributed by atoms with Gasteiger partial charge in [0.15, 0.2) is 17.3 Å². The standard InChI is InChI=1S/C12H11FN2O2/c1-7-10(16)5-15-6-12(7)17-11-3-2-8(14)4-9(11)13/h2-6,16H,14H2,1H3. The van der Waals surface area contributed by atoms with Crippen molar-refractivity contribution in [2.45, 2.75) is 6.92 Å². The predicted octanol–water partition coefficient (Wildman–Crippen LogP) is 2.61. The van der Waals surface area contributed by atoms with Crippen molar-refractivity contribution in [3.05, 3.63) is 42.0 Å². The van der Waals surface area contributed by atoms with Gasteiger partial charge in [-0.05, 0) is 19.1 Å². The second-order valence-electron chi connectivity index (χ2n) is 3.57. The average Bonchev–Trinajstić information content (AvgIpc) is 2.28. The van der Waals surface area contributed by atoms with E-state index in [1.807, 2.05) is 0 Å². The molecule has 0 radical (unpaired) electrons. The fourth-order valence-corrected chi connectivity index (χ4v) is 1.32. The third-order valence-corrected chi connectivity index (χ3v) is 2.32. The number of nitrogen functional groups attached to an aromatic ring is 1. The molecule has 3 N–H and O–H groups in total. The van der Waals surface area contributed by atoms with Gasteiger partial charge in [-0.2, -0.15) is 0 Å². The highest BCUT2D eigenvalue weighted by Crippen LogP contribution is 2.30. The van der Waals surface area contributed by atoms with Gasteiger partial charge in [-0.25, -0.2) is 4.39 Å². The number of nitrogens with zero attached hydrogens (tertiary/aromatic N) is 1. The van der Waals surface area contributed by atoms with Gasteiger partial charge in [0, 0.05) is 17.3 Å². The molecular formula is C12H11FN2O2. The van der Waals surface area contributed by atoms with Crippen molar-refractivity contribution in [2.75, 3.05) is 5.73 Å². The zero-order valence-electron chi connectivity index (χ0n) is 9.14. The lowest BCUT2D eigenvalue weighted by atomic mass is 10.2. The molecule has 1 aromatic carbocycles. The third-order valence-electron chi connectivity index (χ3n) is 2.32. The summed E-state index contributed by atoms with van der Waals surface area (Å²) in [5, 5.41) is 9.44. The first-order chi connectivity index (χ1) is 8.08. The van der Waals surface area contributed by atoms with Crippen molar-refractivity contribution >= 4 is 5.69 Å². The Kier molecular flexibility index (Phi) is 2.82. The highest BCUT2D eigenvalue weighted by molar-refractivity contribution is 5.46. The number of benzene rings is 1. The lowest BCUT2D eigenvalue weighted by molar-refractivity contribution is 0.424. The number of pyridine rings is 1. The summed E-state index contributed by atoms with van der Waals surface area (Å²) in [4.78, 5) is 3.77. The molecule has 0 spiro atoms. The van der Waals surface area contributed by atoms with Crippen LogP contribution in [0.25, 0.3) is 0 Å². The molecule has 1 heterocycles. The third kappa shape index (κ3) is 2.28. The van der Waals surface area contributed by atoms with Crippen molar-refractivity contribution in [1.29, 1.82) is 0 Å². The summed E-state index contributed by atoms with van der Waals surface area (Å²) in [6, 6.07) is 4.12. The van der Waals surface area contributed by atoms with Crippen molar-refractivity contribution in [3.8, 4) is 17.2 Å². The maximum absolute atomic E-state index is 13.5. The Hall–Kier alpha value is -2.30. The molecule has 0 unspecified atom stereocenters. The van der Waals surface area contributed by atoms with Crippen LogP contribution in [0.4, 0.5) is 10.1 Å². The van der Waals surface area contributed by atoms with E-state index in [1.54, 1.807) is 6.92 Å². The Bertz CT molecular complexity index is 558. The van der Waals surface area contributed by atoms with Crippen LogP contribution in [0.1, 0.15) is 5.56 Å². The first-order valence-electron chi connectivity index (χ1n) is 4.94. The number of ether oxygens (including phenoxy) is 1. The number of aromatic hydroxyl groups is 1. The molecule has 0 atom stereocenters. The molecule has 0 saturated carbocycles. The first-order valence-corrected chi connectivity index (χ1v) is 4.94. The highest BCUT2D eigenvalue weighted by atomic mass is 19.1. The van der Waals surface area contributed by atoms with Gasteiger partial charge in [-0.3, -0.25) is 4.98 Å². The lowest BCUT2D eigenvalue weighted by Crippen LogP contribution is -1.93. The van der Waals surface area contributed by atoms with Gasteiger partial charge in [0.25, 0.3) is 0 Å². The molecule has 17 heavy (non-hydrogen) atoms. The molecule has 4 nitrogen and oxygen atoms in total. The SMILES string of the molecule is Cc1c(O)cncc1Oc1ccc(N)cc1F. The van der Waals surface area contributed by atoms with Gasteiger partial charge < -0.3 is 15.6 Å². The van der Waals surface area contributed by atoms with Crippen LogP contribution in [-0.2, 0) is 0 Å². The quantitative estimate of drug-likeness (QED) is 0.784. The molecule has 5 heteroatoms. The fraction of sp³-hybridized carbons (Fsp3) is 0.0833. The Morgan fingerprint density at radius 1 is 1.29 bits per heavy atom. The second kappa shape index (κ2) is 4.29. The van der Waals surface area contributed by atoms with E-state index in [0.717, 1.165) is 0 Å². The van der Waals surface area contributed by atoms with Crippen molar-refractivity contribution in [2.24, 2.45) is 0 Å². The van der Waals surface area contributed by atoms with Crippen LogP contribution in [0.5, 0.6) is 17.2 Å². The van der Waals surface area contributed by atoms with E-state index >= 15 is 0 Å². The summed E-state index contributed by atoms with van der Waals surface area (Å²) in [7, 11) is 0. The van der Waals surface area contributed by atoms with Gasteiger partial charge in [0.1, 0.15) is 5.75 Å². The van der Waals surface area contributed by atoms with Crippen LogP contribution < -0.4 is 10.5 Å². The minimum atomic E-state index is -0.562. The fourth-order valence-electron chi connectivity index (χ4n) is 1.32. The lowest BCUT2D eigenvalue weighted by Gasteiger charge is -2.09. The molecule has 0 saturated heterocycles. The second-order valence-corrected chi connectivity index (χ2v) is 3.57. The topological polar surface area (TPSA) is 68.4 Å². The zero-order chi connectivity index (χ0) is 12.4. The summed E-state index contributed by atoms with van der Waals surface area (Å²) in [5.74, 6) is -0.227. The summed E-state index contributed by atoms with van der Waals surface area (Å²) in [5.41, 5.74) is 6.24. The van der Waals surface area contributed by atoms with Gasteiger partial charge >= 0.3 is 0 Å². The highest BCUT2D eigenvalue weighted by Gasteiger charge is 2.09. The smallest absolute Gasteiger partial charge is 0.167 e. The Labute approximate surface area is 97.5 Å². The number of hydrogen-bond acceptors (Lipinski definition) is 4. The van der Waals surface area contributed by atoms with Crippen molar-refractivity contribution in [3.63, 3.8) is 0 Å². The van der Waals surface area contributed by atoms with Gasteiger partial charge in [0.2, 0.25) is 0 Å². The van der Waals surface area contributed by atoms with Crippen LogP contribution >= 0.6 is 0 Å². The number of hydrogen-bond donors (Lipinski definition) is 2. The van der Waals surface area contributed by atoms with E-state index < -0.39 is 5.82 Å². The number of rotatable bonds is 2. The van der Waals surface area contributed by atoms with Gasteiger partial charge in [0.05, 0.1) is 12.4 Å². The summed E-state index contributed by atoms with van der Waals surface area (Å²) in [6.45, 7) is 1.65. The summed E-state index contributed by atoms with van der Waals surface area (Å²) < 4.78 is 18.8. The van der Waals surface area contributed by atoms with Crippen LogP contribution in [0.15, 0.2) is 30.6 Å². The van der Waals surface area contributed by atoms with Crippen LogP contribution in [0, 0.1) is 12.7 Å². The van der Waals surface area contributed by atoms with E-state index in [4.69, 9.17) is 10.5 Å². The van der Waals surface area contributed by atoms with Crippen LogP contribution in [-0.4, -0.2) is 10.1 Å². The average molecular weight is 234 g/mol. The predicted molar refractivity (Wildman–Crippen MR) is 61.5 cm³/mol. The molecule has 1 aromatic heterocycles. The number of aromatic nitrogens is 1. The van der Waals surface area contributed by atoms with Crippen molar-refractivity contribution in [1.82, 2.24) is 4.98 Å². The Balaban J connectivity index is 2.35. The molecule has 2 aromatic rings.